The molecular weight excluding hydrogens is 304 g/mol. The smallest absolute Gasteiger partial charge is 0.312 e. The molecule has 3 aliphatic rings. The predicted octanol–water partition coefficient (Wildman–Crippen LogP) is 1.63. The lowest BCUT2D eigenvalue weighted by atomic mass is 9.81. The van der Waals surface area contributed by atoms with Crippen LogP contribution in [-0.2, 0) is 11.3 Å². The van der Waals surface area contributed by atoms with Gasteiger partial charge in [0, 0.05) is 50.5 Å². The second kappa shape index (κ2) is 6.41. The van der Waals surface area contributed by atoms with E-state index >= 15 is 0 Å². The molecular formula is C18H26N4O2. The highest BCUT2D eigenvalue weighted by atomic mass is 16.4. The number of hydrogen-bond acceptors (Lipinski definition) is 5. The van der Waals surface area contributed by atoms with Gasteiger partial charge in [0.1, 0.15) is 5.82 Å². The molecule has 0 aromatic carbocycles. The first-order valence-electron chi connectivity index (χ1n) is 9.13. The second-order valence-corrected chi connectivity index (χ2v) is 7.71. The fraction of sp³-hybridized carbons (Fsp3) is 0.722. The Hall–Kier alpha value is -1.53. The zero-order valence-electron chi connectivity index (χ0n) is 14.1. The summed E-state index contributed by atoms with van der Waals surface area (Å²) < 4.78 is 0. The van der Waals surface area contributed by atoms with Crippen LogP contribution in [0.3, 0.4) is 0 Å². The fourth-order valence-corrected chi connectivity index (χ4v) is 4.97. The average molecular weight is 330 g/mol. The summed E-state index contributed by atoms with van der Waals surface area (Å²) in [4.78, 5) is 25.4. The van der Waals surface area contributed by atoms with Crippen LogP contribution in [0.25, 0.3) is 0 Å². The van der Waals surface area contributed by atoms with Crippen LogP contribution in [0.5, 0.6) is 0 Å². The maximum Gasteiger partial charge on any atom is 0.312 e. The third-order valence-electron chi connectivity index (χ3n) is 6.21. The third kappa shape index (κ3) is 2.82. The molecule has 1 aromatic heterocycles. The summed E-state index contributed by atoms with van der Waals surface area (Å²) in [5.74, 6) is 0.380. The Labute approximate surface area is 142 Å². The molecule has 1 aliphatic carbocycles. The topological polar surface area (TPSA) is 69.6 Å². The molecule has 6 heteroatoms. The summed E-state index contributed by atoms with van der Waals surface area (Å²) >= 11 is 0. The fourth-order valence-electron chi connectivity index (χ4n) is 4.97. The van der Waals surface area contributed by atoms with Gasteiger partial charge in [-0.1, -0.05) is 19.3 Å². The largest absolute Gasteiger partial charge is 0.481 e. The molecule has 0 bridgehead atoms. The van der Waals surface area contributed by atoms with Crippen molar-refractivity contribution in [1.29, 1.82) is 0 Å². The number of aromatic nitrogens is 2. The van der Waals surface area contributed by atoms with Gasteiger partial charge in [-0.25, -0.2) is 9.97 Å². The number of fused-ring (bicyclic) bond motifs is 1. The zero-order chi connectivity index (χ0) is 16.6. The summed E-state index contributed by atoms with van der Waals surface area (Å²) in [6.07, 6.45) is 9.90. The van der Waals surface area contributed by atoms with Crippen LogP contribution in [0.1, 0.15) is 37.9 Å². The van der Waals surface area contributed by atoms with Crippen molar-refractivity contribution in [2.24, 2.45) is 11.3 Å². The van der Waals surface area contributed by atoms with Crippen LogP contribution in [0.4, 0.5) is 0 Å². The van der Waals surface area contributed by atoms with Gasteiger partial charge in [0.2, 0.25) is 0 Å². The van der Waals surface area contributed by atoms with E-state index < -0.39 is 11.4 Å². The molecule has 1 aromatic rings. The first-order chi connectivity index (χ1) is 11.7. The summed E-state index contributed by atoms with van der Waals surface area (Å²) in [5.41, 5.74) is -0.605. The van der Waals surface area contributed by atoms with Crippen molar-refractivity contribution in [2.45, 2.75) is 44.7 Å². The number of rotatable bonds is 4. The molecule has 130 valence electrons. The number of hydrogen-bond donors (Lipinski definition) is 1. The van der Waals surface area contributed by atoms with Crippen molar-refractivity contribution in [3.8, 4) is 0 Å². The van der Waals surface area contributed by atoms with Gasteiger partial charge in [-0.2, -0.15) is 0 Å². The molecule has 1 N–H and O–H groups in total. The SMILES string of the molecule is O=C(O)[C@]12CN(Cc3ncccn3)C[C@H]1CN(C1CCCCC1)C2. The summed E-state index contributed by atoms with van der Waals surface area (Å²) in [7, 11) is 0. The Morgan fingerprint density at radius 2 is 1.92 bits per heavy atom. The maximum absolute atomic E-state index is 12.1. The minimum atomic E-state index is -0.623. The van der Waals surface area contributed by atoms with E-state index in [-0.39, 0.29) is 5.92 Å². The van der Waals surface area contributed by atoms with Gasteiger partial charge in [-0.3, -0.25) is 14.6 Å². The van der Waals surface area contributed by atoms with Crippen molar-refractivity contribution in [1.82, 2.24) is 19.8 Å². The number of nitrogens with zero attached hydrogens (tertiary/aromatic N) is 4. The van der Waals surface area contributed by atoms with E-state index in [2.05, 4.69) is 19.8 Å². The zero-order valence-corrected chi connectivity index (χ0v) is 14.1. The Bertz CT molecular complexity index is 590. The normalized spacial score (nSPS) is 32.1. The molecule has 1 saturated carbocycles. The molecule has 0 spiro atoms. The van der Waals surface area contributed by atoms with Crippen LogP contribution in [0.15, 0.2) is 18.5 Å². The van der Waals surface area contributed by atoms with Gasteiger partial charge in [0.25, 0.3) is 0 Å². The number of likely N-dealkylation sites (tertiary alicyclic amines) is 2. The summed E-state index contributed by atoms with van der Waals surface area (Å²) in [5, 5.41) is 9.99. The monoisotopic (exact) mass is 330 g/mol. The van der Waals surface area contributed by atoms with Crippen molar-refractivity contribution in [2.75, 3.05) is 26.2 Å². The number of aliphatic carboxylic acids is 1. The van der Waals surface area contributed by atoms with Crippen LogP contribution >= 0.6 is 0 Å². The standard InChI is InChI=1S/C18H26N4O2/c23-17(24)18-12-21(11-16-19-7-4-8-20-16)9-14(18)10-22(13-18)15-5-2-1-3-6-15/h4,7-8,14-15H,1-3,5-6,9-13H2,(H,23,24)/t14-,18-/m0/s1. The van der Waals surface area contributed by atoms with E-state index in [0.717, 1.165) is 18.9 Å². The Morgan fingerprint density at radius 3 is 2.58 bits per heavy atom. The lowest BCUT2D eigenvalue weighted by molar-refractivity contribution is -0.149. The van der Waals surface area contributed by atoms with Crippen LogP contribution in [0, 0.1) is 11.3 Å². The highest BCUT2D eigenvalue weighted by molar-refractivity contribution is 5.77. The van der Waals surface area contributed by atoms with Crippen molar-refractivity contribution < 1.29 is 9.90 Å². The molecule has 2 aliphatic heterocycles. The van der Waals surface area contributed by atoms with Crippen LogP contribution in [-0.4, -0.2) is 63.1 Å². The Balaban J connectivity index is 1.46. The summed E-state index contributed by atoms with van der Waals surface area (Å²) in [6.45, 7) is 3.75. The van der Waals surface area contributed by atoms with E-state index in [9.17, 15) is 9.90 Å². The van der Waals surface area contributed by atoms with Crippen molar-refractivity contribution >= 4 is 5.97 Å². The summed E-state index contributed by atoms with van der Waals surface area (Å²) in [6, 6.07) is 2.41. The van der Waals surface area contributed by atoms with E-state index in [4.69, 9.17) is 0 Å². The van der Waals surface area contributed by atoms with E-state index in [1.54, 1.807) is 12.4 Å². The minimum absolute atomic E-state index is 0.223. The lowest BCUT2D eigenvalue weighted by Gasteiger charge is -2.33. The van der Waals surface area contributed by atoms with Gasteiger partial charge in [-0.15, -0.1) is 0 Å². The first kappa shape index (κ1) is 16.0. The van der Waals surface area contributed by atoms with Crippen molar-refractivity contribution in [3.63, 3.8) is 0 Å². The van der Waals surface area contributed by atoms with E-state index in [1.165, 1.54) is 32.1 Å². The maximum atomic E-state index is 12.1. The quantitative estimate of drug-likeness (QED) is 0.905. The minimum Gasteiger partial charge on any atom is -0.481 e. The van der Waals surface area contributed by atoms with Gasteiger partial charge in [0.15, 0.2) is 0 Å². The molecule has 0 radical (unpaired) electrons. The molecule has 0 amide bonds. The predicted molar refractivity (Wildman–Crippen MR) is 89.3 cm³/mol. The lowest BCUT2D eigenvalue weighted by Crippen LogP contribution is -2.43. The molecule has 24 heavy (non-hydrogen) atoms. The number of carbonyl (C=O) groups is 1. The molecule has 2 atom stereocenters. The molecule has 3 fully saturated rings. The third-order valence-corrected chi connectivity index (χ3v) is 6.21. The number of carboxylic acids is 1. The van der Waals surface area contributed by atoms with Crippen LogP contribution < -0.4 is 0 Å². The van der Waals surface area contributed by atoms with E-state index in [1.807, 2.05) is 6.07 Å². The Morgan fingerprint density at radius 1 is 1.17 bits per heavy atom. The van der Waals surface area contributed by atoms with Gasteiger partial charge < -0.3 is 5.11 Å². The van der Waals surface area contributed by atoms with E-state index in [0.29, 0.717) is 25.7 Å². The molecule has 0 unspecified atom stereocenters. The highest BCUT2D eigenvalue weighted by Crippen LogP contribution is 2.45. The van der Waals surface area contributed by atoms with Gasteiger partial charge >= 0.3 is 5.97 Å². The highest BCUT2D eigenvalue weighted by Gasteiger charge is 2.58. The molecule has 2 saturated heterocycles. The average Bonchev–Trinajstić information content (AvgIpc) is 3.11. The van der Waals surface area contributed by atoms with Crippen LogP contribution in [0.2, 0.25) is 0 Å². The van der Waals surface area contributed by atoms with Gasteiger partial charge in [0.05, 0.1) is 12.0 Å². The molecule has 3 heterocycles. The molecule has 6 nitrogen and oxygen atoms in total. The number of carboxylic acid groups (broad SMARTS) is 1. The Kier molecular flexibility index (Phi) is 4.26. The second-order valence-electron chi connectivity index (χ2n) is 7.71. The van der Waals surface area contributed by atoms with Gasteiger partial charge in [-0.05, 0) is 18.9 Å². The molecule has 4 rings (SSSR count). The first-order valence-corrected chi connectivity index (χ1v) is 9.13. The van der Waals surface area contributed by atoms with Crippen molar-refractivity contribution in [3.05, 3.63) is 24.3 Å².